The third-order valence-electron chi connectivity index (χ3n) is 5.43. The summed E-state index contributed by atoms with van der Waals surface area (Å²) in [6.07, 6.45) is 4.60. The van der Waals surface area contributed by atoms with Crippen molar-refractivity contribution in [2.75, 3.05) is 38.0 Å². The zero-order chi connectivity index (χ0) is 19.4. The number of nitrogens with one attached hydrogen (secondary N) is 1. The van der Waals surface area contributed by atoms with Crippen LogP contribution >= 0.6 is 0 Å². The standard InChI is InChI=1S/C20H31N3O3S/c1-16-12-17(2)14-23(13-16)27(25,26)19-8-6-18(7-9-19)21-20(24)15-22-10-4-3-5-11-22/h6-9,16-17H,3-5,10-15H2,1-2H3,(H,21,24)/t16-,17-/m1/s1. The number of carbonyl (C=O) groups excluding carboxylic acids is 1. The molecule has 3 rings (SSSR count). The van der Waals surface area contributed by atoms with Crippen LogP contribution in [0.15, 0.2) is 29.2 Å². The van der Waals surface area contributed by atoms with Gasteiger partial charge < -0.3 is 5.32 Å². The lowest BCUT2D eigenvalue weighted by molar-refractivity contribution is -0.117. The van der Waals surface area contributed by atoms with Crippen LogP contribution in [0.3, 0.4) is 0 Å². The first-order chi connectivity index (χ1) is 12.8. The molecule has 0 aromatic heterocycles. The molecule has 150 valence electrons. The minimum Gasteiger partial charge on any atom is -0.325 e. The molecule has 27 heavy (non-hydrogen) atoms. The Hall–Kier alpha value is -1.44. The zero-order valence-corrected chi connectivity index (χ0v) is 17.2. The smallest absolute Gasteiger partial charge is 0.243 e. The van der Waals surface area contributed by atoms with Gasteiger partial charge in [-0.05, 0) is 68.5 Å². The van der Waals surface area contributed by atoms with Crippen molar-refractivity contribution in [2.24, 2.45) is 11.8 Å². The molecular formula is C20H31N3O3S. The maximum atomic E-state index is 12.9. The van der Waals surface area contributed by atoms with Gasteiger partial charge >= 0.3 is 0 Å². The van der Waals surface area contributed by atoms with Gasteiger partial charge in [-0.15, -0.1) is 0 Å². The minimum absolute atomic E-state index is 0.0498. The normalized spacial score (nSPS) is 25.3. The van der Waals surface area contributed by atoms with Gasteiger partial charge in [-0.25, -0.2) is 8.42 Å². The van der Waals surface area contributed by atoms with E-state index in [0.717, 1.165) is 32.4 Å². The molecule has 0 radical (unpaired) electrons. The van der Waals surface area contributed by atoms with Crippen LogP contribution in [0, 0.1) is 11.8 Å². The predicted octanol–water partition coefficient (Wildman–Crippen LogP) is 2.78. The van der Waals surface area contributed by atoms with Crippen molar-refractivity contribution in [1.82, 2.24) is 9.21 Å². The number of carbonyl (C=O) groups is 1. The van der Waals surface area contributed by atoms with Crippen molar-refractivity contribution >= 4 is 21.6 Å². The number of sulfonamides is 1. The molecule has 0 bridgehead atoms. The fourth-order valence-corrected chi connectivity index (χ4v) is 5.86. The van der Waals surface area contributed by atoms with Crippen molar-refractivity contribution < 1.29 is 13.2 Å². The van der Waals surface area contributed by atoms with Crippen LogP contribution in [0.4, 0.5) is 5.69 Å². The number of nitrogens with zero attached hydrogens (tertiary/aromatic N) is 2. The van der Waals surface area contributed by atoms with Crippen molar-refractivity contribution in [3.63, 3.8) is 0 Å². The van der Waals surface area contributed by atoms with Crippen LogP contribution < -0.4 is 5.32 Å². The van der Waals surface area contributed by atoms with E-state index in [1.165, 1.54) is 6.42 Å². The molecular weight excluding hydrogens is 362 g/mol. The Morgan fingerprint density at radius 1 is 1.04 bits per heavy atom. The van der Waals surface area contributed by atoms with Gasteiger partial charge in [0.05, 0.1) is 11.4 Å². The highest BCUT2D eigenvalue weighted by molar-refractivity contribution is 7.89. The molecule has 1 N–H and O–H groups in total. The molecule has 6 nitrogen and oxygen atoms in total. The Kier molecular flexibility index (Phi) is 6.55. The fraction of sp³-hybridized carbons (Fsp3) is 0.650. The van der Waals surface area contributed by atoms with E-state index < -0.39 is 10.0 Å². The van der Waals surface area contributed by atoms with E-state index in [0.29, 0.717) is 37.2 Å². The number of benzene rings is 1. The lowest BCUT2D eigenvalue weighted by Gasteiger charge is -2.34. The second kappa shape index (κ2) is 8.71. The highest BCUT2D eigenvalue weighted by atomic mass is 32.2. The Morgan fingerprint density at radius 3 is 2.22 bits per heavy atom. The molecule has 2 aliphatic rings. The Labute approximate surface area is 163 Å². The lowest BCUT2D eigenvalue weighted by Crippen LogP contribution is -2.42. The third kappa shape index (κ3) is 5.30. The molecule has 1 amide bonds. The van der Waals surface area contributed by atoms with Gasteiger partial charge in [-0.2, -0.15) is 4.31 Å². The molecule has 2 fully saturated rings. The monoisotopic (exact) mass is 393 g/mol. The Bertz CT molecular complexity index is 732. The summed E-state index contributed by atoms with van der Waals surface area (Å²) >= 11 is 0. The number of likely N-dealkylation sites (tertiary alicyclic amines) is 1. The zero-order valence-electron chi connectivity index (χ0n) is 16.4. The fourth-order valence-electron chi connectivity index (χ4n) is 4.18. The van der Waals surface area contributed by atoms with E-state index in [-0.39, 0.29) is 10.8 Å². The number of anilines is 1. The van der Waals surface area contributed by atoms with E-state index in [1.807, 2.05) is 0 Å². The maximum Gasteiger partial charge on any atom is 0.243 e. The predicted molar refractivity (Wildman–Crippen MR) is 107 cm³/mol. The molecule has 2 atom stereocenters. The van der Waals surface area contributed by atoms with Crippen LogP contribution in [0.5, 0.6) is 0 Å². The van der Waals surface area contributed by atoms with E-state index >= 15 is 0 Å². The summed E-state index contributed by atoms with van der Waals surface area (Å²) in [6, 6.07) is 6.54. The lowest BCUT2D eigenvalue weighted by atomic mass is 9.94. The topological polar surface area (TPSA) is 69.7 Å². The molecule has 0 unspecified atom stereocenters. The van der Waals surface area contributed by atoms with Gasteiger partial charge in [0.2, 0.25) is 15.9 Å². The highest BCUT2D eigenvalue weighted by Gasteiger charge is 2.31. The van der Waals surface area contributed by atoms with E-state index in [2.05, 4.69) is 24.1 Å². The summed E-state index contributed by atoms with van der Waals surface area (Å²) in [4.78, 5) is 14.7. The Balaban J connectivity index is 1.61. The molecule has 2 heterocycles. The number of hydrogen-bond donors (Lipinski definition) is 1. The summed E-state index contributed by atoms with van der Waals surface area (Å²) in [6.45, 7) is 7.67. The van der Waals surface area contributed by atoms with E-state index in [4.69, 9.17) is 0 Å². The van der Waals surface area contributed by atoms with Gasteiger partial charge in [-0.1, -0.05) is 20.3 Å². The first kappa shape index (κ1) is 20.3. The molecule has 0 spiro atoms. The summed E-state index contributed by atoms with van der Waals surface area (Å²) in [5.41, 5.74) is 0.635. The maximum absolute atomic E-state index is 12.9. The van der Waals surface area contributed by atoms with Crippen molar-refractivity contribution in [3.8, 4) is 0 Å². The van der Waals surface area contributed by atoms with E-state index in [9.17, 15) is 13.2 Å². The van der Waals surface area contributed by atoms with Gasteiger partial charge in [0.1, 0.15) is 0 Å². The number of amides is 1. The Morgan fingerprint density at radius 2 is 1.63 bits per heavy atom. The van der Waals surface area contributed by atoms with Gasteiger partial charge in [-0.3, -0.25) is 9.69 Å². The third-order valence-corrected chi connectivity index (χ3v) is 7.27. The second-order valence-electron chi connectivity index (χ2n) is 8.18. The summed E-state index contributed by atoms with van der Waals surface area (Å²) in [5, 5.41) is 2.87. The quantitative estimate of drug-likeness (QED) is 0.835. The molecule has 1 aromatic carbocycles. The van der Waals surface area contributed by atoms with Gasteiger partial charge in [0, 0.05) is 18.8 Å². The van der Waals surface area contributed by atoms with Crippen molar-refractivity contribution in [2.45, 2.75) is 44.4 Å². The molecule has 2 aliphatic heterocycles. The highest BCUT2D eigenvalue weighted by Crippen LogP contribution is 2.27. The largest absolute Gasteiger partial charge is 0.325 e. The summed E-state index contributed by atoms with van der Waals surface area (Å²) < 4.78 is 27.4. The number of rotatable bonds is 5. The van der Waals surface area contributed by atoms with Crippen LogP contribution in [0.2, 0.25) is 0 Å². The first-order valence-electron chi connectivity index (χ1n) is 9.97. The minimum atomic E-state index is -3.48. The van der Waals surface area contributed by atoms with E-state index in [1.54, 1.807) is 28.6 Å². The second-order valence-corrected chi connectivity index (χ2v) is 10.1. The van der Waals surface area contributed by atoms with Crippen LogP contribution in [-0.2, 0) is 14.8 Å². The summed E-state index contributed by atoms with van der Waals surface area (Å²) in [5.74, 6) is 0.694. The first-order valence-corrected chi connectivity index (χ1v) is 11.4. The van der Waals surface area contributed by atoms with Crippen molar-refractivity contribution in [3.05, 3.63) is 24.3 Å². The van der Waals surface area contributed by atoms with Crippen LogP contribution in [-0.4, -0.2) is 56.3 Å². The SMILES string of the molecule is C[C@@H]1C[C@@H](C)CN(S(=O)(=O)c2ccc(NC(=O)CN3CCCCC3)cc2)C1. The average Bonchev–Trinajstić information content (AvgIpc) is 2.62. The number of piperidine rings is 2. The molecule has 0 saturated carbocycles. The molecule has 2 saturated heterocycles. The number of hydrogen-bond acceptors (Lipinski definition) is 4. The molecule has 0 aliphatic carbocycles. The molecule has 7 heteroatoms. The summed E-state index contributed by atoms with van der Waals surface area (Å²) in [7, 11) is -3.48. The average molecular weight is 394 g/mol. The molecule has 1 aromatic rings. The van der Waals surface area contributed by atoms with Gasteiger partial charge in [0.15, 0.2) is 0 Å². The van der Waals surface area contributed by atoms with Crippen molar-refractivity contribution in [1.29, 1.82) is 0 Å². The van der Waals surface area contributed by atoms with Gasteiger partial charge in [0.25, 0.3) is 0 Å². The van der Waals surface area contributed by atoms with Crippen LogP contribution in [0.1, 0.15) is 39.5 Å². The van der Waals surface area contributed by atoms with Crippen LogP contribution in [0.25, 0.3) is 0 Å².